The number of hydrogen-bond donors (Lipinski definition) is 1. The number of carbonyl (C=O) groups excluding carboxylic acids is 2. The molecule has 0 saturated heterocycles. The third kappa shape index (κ3) is 5.99. The summed E-state index contributed by atoms with van der Waals surface area (Å²) in [6.45, 7) is 6.04. The molecule has 0 aliphatic rings. The molecule has 0 radical (unpaired) electrons. The van der Waals surface area contributed by atoms with Gasteiger partial charge in [-0.1, -0.05) is 68.4 Å². The van der Waals surface area contributed by atoms with Crippen LogP contribution >= 0.6 is 0 Å². The molecule has 1 heterocycles. The van der Waals surface area contributed by atoms with E-state index in [9.17, 15) is 14.4 Å². The second-order valence-corrected chi connectivity index (χ2v) is 9.90. The molecule has 0 spiro atoms. The summed E-state index contributed by atoms with van der Waals surface area (Å²) in [5.74, 6) is -0.665. The second kappa shape index (κ2) is 11.9. The molecule has 2 atom stereocenters. The van der Waals surface area contributed by atoms with E-state index in [4.69, 9.17) is 4.74 Å². The van der Waals surface area contributed by atoms with E-state index in [1.165, 1.54) is 18.0 Å². The van der Waals surface area contributed by atoms with Gasteiger partial charge in [0.15, 0.2) is 0 Å². The number of para-hydroxylation sites is 1. The van der Waals surface area contributed by atoms with Crippen molar-refractivity contribution >= 4 is 22.8 Å². The quantitative estimate of drug-likeness (QED) is 0.305. The second-order valence-electron chi connectivity index (χ2n) is 9.90. The van der Waals surface area contributed by atoms with Gasteiger partial charge in [0.25, 0.3) is 5.56 Å². The molecule has 4 aromatic rings. The number of esters is 1. The van der Waals surface area contributed by atoms with Crippen LogP contribution < -0.4 is 10.9 Å². The number of aryl methyl sites for hydroxylation is 1. The summed E-state index contributed by atoms with van der Waals surface area (Å²) in [5, 5.41) is 3.50. The fraction of sp³-hybridized carbons (Fsp3) is 0.290. The van der Waals surface area contributed by atoms with Gasteiger partial charge in [0.2, 0.25) is 5.91 Å². The Balaban J connectivity index is 1.71. The van der Waals surface area contributed by atoms with Gasteiger partial charge in [-0.3, -0.25) is 19.0 Å². The van der Waals surface area contributed by atoms with Gasteiger partial charge in [-0.05, 0) is 59.7 Å². The van der Waals surface area contributed by atoms with Crippen molar-refractivity contribution in [3.05, 3.63) is 101 Å². The van der Waals surface area contributed by atoms with Gasteiger partial charge in [0.05, 0.1) is 36.8 Å². The highest BCUT2D eigenvalue weighted by molar-refractivity contribution is 5.83. The van der Waals surface area contributed by atoms with Gasteiger partial charge in [0, 0.05) is 0 Å². The van der Waals surface area contributed by atoms with E-state index >= 15 is 0 Å². The standard InChI is InChI=1S/C31H33N3O4/c1-20(2)16-28(34-19-32-26-15-8-7-14-25(26)31(34)37)30(36)33-27(18-29(35)38-4)23-12-9-11-22(17-23)24-13-6-5-10-21(24)3/h5-15,17,19-20,27-28H,16,18H2,1-4H3,(H,33,36). The zero-order valence-electron chi connectivity index (χ0n) is 22.2. The Bertz CT molecular complexity index is 1510. The fourth-order valence-electron chi connectivity index (χ4n) is 4.69. The Morgan fingerprint density at radius 2 is 1.74 bits per heavy atom. The molecule has 0 bridgehead atoms. The highest BCUT2D eigenvalue weighted by atomic mass is 16.5. The van der Waals surface area contributed by atoms with Crippen molar-refractivity contribution in [1.82, 2.24) is 14.9 Å². The number of ether oxygens (including phenoxy) is 1. The highest BCUT2D eigenvalue weighted by Gasteiger charge is 2.28. The summed E-state index contributed by atoms with van der Waals surface area (Å²) in [6, 6.07) is 21.5. The van der Waals surface area contributed by atoms with Gasteiger partial charge in [0.1, 0.15) is 6.04 Å². The Kier molecular flexibility index (Phi) is 8.36. The Labute approximate surface area is 222 Å². The highest BCUT2D eigenvalue weighted by Crippen LogP contribution is 2.28. The average molecular weight is 512 g/mol. The minimum Gasteiger partial charge on any atom is -0.469 e. The number of aromatic nitrogens is 2. The lowest BCUT2D eigenvalue weighted by atomic mass is 9.95. The van der Waals surface area contributed by atoms with Crippen LogP contribution in [0.4, 0.5) is 0 Å². The van der Waals surface area contributed by atoms with Crippen LogP contribution in [0.2, 0.25) is 0 Å². The fourth-order valence-corrected chi connectivity index (χ4v) is 4.69. The normalized spacial score (nSPS) is 12.8. The maximum atomic E-state index is 13.8. The van der Waals surface area contributed by atoms with Gasteiger partial charge < -0.3 is 10.1 Å². The zero-order valence-corrected chi connectivity index (χ0v) is 22.2. The predicted molar refractivity (Wildman–Crippen MR) is 149 cm³/mol. The van der Waals surface area contributed by atoms with Crippen LogP contribution in [0.3, 0.4) is 0 Å². The topological polar surface area (TPSA) is 90.3 Å². The Hall–Kier alpha value is -4.26. The van der Waals surface area contributed by atoms with Gasteiger partial charge in [-0.25, -0.2) is 4.98 Å². The first-order valence-electron chi connectivity index (χ1n) is 12.8. The van der Waals surface area contributed by atoms with Crippen LogP contribution in [0.5, 0.6) is 0 Å². The lowest BCUT2D eigenvalue weighted by Gasteiger charge is -2.25. The largest absolute Gasteiger partial charge is 0.469 e. The van der Waals surface area contributed by atoms with Crippen molar-refractivity contribution in [2.45, 2.75) is 45.7 Å². The Morgan fingerprint density at radius 1 is 1.00 bits per heavy atom. The number of fused-ring (bicyclic) bond motifs is 1. The lowest BCUT2D eigenvalue weighted by Crippen LogP contribution is -2.40. The molecule has 0 fully saturated rings. The summed E-state index contributed by atoms with van der Waals surface area (Å²) >= 11 is 0. The number of nitrogens with one attached hydrogen (secondary N) is 1. The van der Waals surface area contributed by atoms with E-state index in [0.29, 0.717) is 17.3 Å². The van der Waals surface area contributed by atoms with Crippen LogP contribution in [0.15, 0.2) is 83.9 Å². The van der Waals surface area contributed by atoms with E-state index in [1.54, 1.807) is 18.2 Å². The number of carbonyl (C=O) groups is 2. The van der Waals surface area contributed by atoms with Gasteiger partial charge >= 0.3 is 5.97 Å². The van der Waals surface area contributed by atoms with Crippen LogP contribution in [0, 0.1) is 12.8 Å². The molecule has 1 amide bonds. The zero-order chi connectivity index (χ0) is 27.2. The number of benzene rings is 3. The first-order valence-corrected chi connectivity index (χ1v) is 12.8. The number of nitrogens with zero attached hydrogens (tertiary/aromatic N) is 2. The van der Waals surface area contributed by atoms with Crippen molar-refractivity contribution in [3.8, 4) is 11.1 Å². The summed E-state index contributed by atoms with van der Waals surface area (Å²) in [7, 11) is 1.33. The van der Waals surface area contributed by atoms with E-state index in [0.717, 1.165) is 22.3 Å². The molecular weight excluding hydrogens is 478 g/mol. The van der Waals surface area contributed by atoms with Gasteiger partial charge in [-0.15, -0.1) is 0 Å². The number of methoxy groups -OCH3 is 1. The lowest BCUT2D eigenvalue weighted by molar-refractivity contribution is -0.141. The molecule has 0 saturated carbocycles. The summed E-state index contributed by atoms with van der Waals surface area (Å²) < 4.78 is 6.34. The van der Waals surface area contributed by atoms with Crippen molar-refractivity contribution in [2.24, 2.45) is 5.92 Å². The van der Waals surface area contributed by atoms with Crippen molar-refractivity contribution < 1.29 is 14.3 Å². The van der Waals surface area contributed by atoms with E-state index < -0.39 is 18.1 Å². The molecule has 7 heteroatoms. The molecule has 3 aromatic carbocycles. The third-order valence-corrected chi connectivity index (χ3v) is 6.68. The molecule has 1 N–H and O–H groups in total. The third-order valence-electron chi connectivity index (χ3n) is 6.68. The number of amides is 1. The summed E-state index contributed by atoms with van der Waals surface area (Å²) in [4.78, 5) is 43.9. The maximum absolute atomic E-state index is 13.8. The minimum absolute atomic E-state index is 0.0429. The molecule has 38 heavy (non-hydrogen) atoms. The summed E-state index contributed by atoms with van der Waals surface area (Å²) in [6.07, 6.45) is 1.82. The molecule has 1 aromatic heterocycles. The first kappa shape index (κ1) is 26.8. The smallest absolute Gasteiger partial charge is 0.307 e. The molecule has 196 valence electrons. The Morgan fingerprint density at radius 3 is 2.47 bits per heavy atom. The van der Waals surface area contributed by atoms with Crippen LogP contribution in [0.25, 0.3) is 22.0 Å². The van der Waals surface area contributed by atoms with E-state index in [1.807, 2.05) is 75.4 Å². The SMILES string of the molecule is COC(=O)CC(NC(=O)C(CC(C)C)n1cnc2ccccc2c1=O)c1cccc(-c2ccccc2C)c1. The minimum atomic E-state index is -0.792. The van der Waals surface area contributed by atoms with Crippen LogP contribution in [0.1, 0.15) is 49.9 Å². The molecule has 0 aliphatic carbocycles. The monoisotopic (exact) mass is 511 g/mol. The summed E-state index contributed by atoms with van der Waals surface area (Å²) in [5.41, 5.74) is 4.26. The number of rotatable bonds is 9. The molecular formula is C31H33N3O4. The average Bonchev–Trinajstić information content (AvgIpc) is 2.92. The molecule has 0 aliphatic heterocycles. The van der Waals surface area contributed by atoms with Gasteiger partial charge in [-0.2, -0.15) is 0 Å². The molecule has 4 rings (SSSR count). The maximum Gasteiger partial charge on any atom is 0.307 e. The number of hydrogen-bond acceptors (Lipinski definition) is 5. The molecule has 2 unspecified atom stereocenters. The van der Waals surface area contributed by atoms with Crippen molar-refractivity contribution in [1.29, 1.82) is 0 Å². The van der Waals surface area contributed by atoms with E-state index in [-0.39, 0.29) is 23.8 Å². The predicted octanol–water partition coefficient (Wildman–Crippen LogP) is 5.38. The van der Waals surface area contributed by atoms with Crippen molar-refractivity contribution in [2.75, 3.05) is 7.11 Å². The van der Waals surface area contributed by atoms with Crippen LogP contribution in [-0.4, -0.2) is 28.5 Å². The van der Waals surface area contributed by atoms with Crippen LogP contribution in [-0.2, 0) is 14.3 Å². The first-order chi connectivity index (χ1) is 18.3. The van der Waals surface area contributed by atoms with Crippen molar-refractivity contribution in [3.63, 3.8) is 0 Å². The van der Waals surface area contributed by atoms with E-state index in [2.05, 4.69) is 10.3 Å². The molecule has 7 nitrogen and oxygen atoms in total.